The number of nitrogens with two attached hydrogens (primary N) is 3. The highest BCUT2D eigenvalue weighted by molar-refractivity contribution is 8.00. The minimum absolute atomic E-state index is 0.0713. The summed E-state index contributed by atoms with van der Waals surface area (Å²) in [5.41, 5.74) is 15.9. The van der Waals surface area contributed by atoms with Gasteiger partial charge in [0.1, 0.15) is 6.04 Å². The topological polar surface area (TPSA) is 201 Å². The highest BCUT2D eigenvalue weighted by atomic mass is 32.2. The molecule has 0 aromatic heterocycles. The van der Waals surface area contributed by atoms with Crippen LogP contribution in [0.15, 0.2) is 0 Å². The van der Waals surface area contributed by atoms with Crippen LogP contribution in [0.2, 0.25) is 0 Å². The van der Waals surface area contributed by atoms with Gasteiger partial charge in [0.2, 0.25) is 23.6 Å². The van der Waals surface area contributed by atoms with Gasteiger partial charge in [-0.15, -0.1) is 11.8 Å². The Kier molecular flexibility index (Phi) is 19.5. The largest absolute Gasteiger partial charge is 0.378 e. The Morgan fingerprint density at radius 1 is 0.939 bits per heavy atom. The lowest BCUT2D eigenvalue weighted by atomic mass is 10.1. The van der Waals surface area contributed by atoms with E-state index in [1.807, 2.05) is 0 Å². The second-order valence-corrected chi connectivity index (χ2v) is 8.19. The van der Waals surface area contributed by atoms with Gasteiger partial charge in [-0.05, 0) is 19.4 Å². The van der Waals surface area contributed by atoms with E-state index >= 15 is 0 Å². The molecule has 0 saturated carbocycles. The van der Waals surface area contributed by atoms with Crippen molar-refractivity contribution in [1.29, 1.82) is 0 Å². The molecule has 33 heavy (non-hydrogen) atoms. The SMILES string of the molecule is CCC(=O)N[C@@H](CSCC(N)=O)C(=O)NCCOCCOCCN[C@@H](CCCCN)C(N)=O. The van der Waals surface area contributed by atoms with Gasteiger partial charge in [-0.2, -0.15) is 0 Å². The Morgan fingerprint density at radius 3 is 2.18 bits per heavy atom. The smallest absolute Gasteiger partial charge is 0.243 e. The molecule has 0 heterocycles. The fraction of sp³-hybridized carbons (Fsp3) is 0.800. The summed E-state index contributed by atoms with van der Waals surface area (Å²) in [4.78, 5) is 46.1. The van der Waals surface area contributed by atoms with E-state index in [1.54, 1.807) is 6.92 Å². The van der Waals surface area contributed by atoms with Gasteiger partial charge >= 0.3 is 0 Å². The van der Waals surface area contributed by atoms with E-state index in [2.05, 4.69) is 16.0 Å². The van der Waals surface area contributed by atoms with Crippen molar-refractivity contribution in [3.05, 3.63) is 0 Å². The number of ether oxygens (including phenoxy) is 2. The van der Waals surface area contributed by atoms with Crippen molar-refractivity contribution in [2.75, 3.05) is 57.6 Å². The van der Waals surface area contributed by atoms with E-state index in [1.165, 1.54) is 11.8 Å². The predicted octanol–water partition coefficient (Wildman–Crippen LogP) is -2.18. The van der Waals surface area contributed by atoms with Crippen molar-refractivity contribution >= 4 is 35.4 Å². The average molecular weight is 493 g/mol. The van der Waals surface area contributed by atoms with E-state index in [0.717, 1.165) is 12.8 Å². The van der Waals surface area contributed by atoms with Crippen LogP contribution in [0.3, 0.4) is 0 Å². The minimum atomic E-state index is -0.753. The Bertz CT molecular complexity index is 583. The zero-order valence-corrected chi connectivity index (χ0v) is 20.3. The standard InChI is InChI=1S/C20H40N6O6S/c1-2-18(28)26-16(13-33-14-17(22)27)20(30)25-8-10-32-12-11-31-9-7-24-15(19(23)29)5-3-4-6-21/h15-16,24H,2-14,21H2,1H3,(H2,22,27)(H2,23,29)(H,25,30)(H,26,28)/t15-,16-/m0/s1. The van der Waals surface area contributed by atoms with Crippen LogP contribution < -0.4 is 33.2 Å². The van der Waals surface area contributed by atoms with Crippen molar-refractivity contribution in [2.24, 2.45) is 17.2 Å². The van der Waals surface area contributed by atoms with Gasteiger partial charge < -0.3 is 42.6 Å². The van der Waals surface area contributed by atoms with Gasteiger partial charge in [0.15, 0.2) is 0 Å². The molecule has 0 spiro atoms. The average Bonchev–Trinajstić information content (AvgIpc) is 2.77. The minimum Gasteiger partial charge on any atom is -0.378 e. The number of rotatable bonds is 22. The van der Waals surface area contributed by atoms with E-state index in [0.29, 0.717) is 39.3 Å². The maximum absolute atomic E-state index is 12.3. The number of hydrogen-bond donors (Lipinski definition) is 6. The highest BCUT2D eigenvalue weighted by Gasteiger charge is 2.20. The second-order valence-electron chi connectivity index (χ2n) is 7.16. The summed E-state index contributed by atoms with van der Waals surface area (Å²) >= 11 is 1.18. The number of hydrogen-bond acceptors (Lipinski definition) is 9. The molecule has 4 amide bonds. The maximum Gasteiger partial charge on any atom is 0.243 e. The number of carbonyl (C=O) groups excluding carboxylic acids is 4. The molecule has 0 radical (unpaired) electrons. The van der Waals surface area contributed by atoms with Gasteiger partial charge in [-0.25, -0.2) is 0 Å². The monoisotopic (exact) mass is 492 g/mol. The van der Waals surface area contributed by atoms with E-state index in [4.69, 9.17) is 26.7 Å². The van der Waals surface area contributed by atoms with Gasteiger partial charge in [-0.3, -0.25) is 19.2 Å². The number of thioether (sulfide) groups is 1. The van der Waals surface area contributed by atoms with Gasteiger partial charge in [-0.1, -0.05) is 13.3 Å². The fourth-order valence-corrected chi connectivity index (χ4v) is 3.38. The van der Waals surface area contributed by atoms with Crippen molar-refractivity contribution in [3.63, 3.8) is 0 Å². The molecule has 12 nitrogen and oxygen atoms in total. The molecule has 0 aromatic carbocycles. The van der Waals surface area contributed by atoms with Crippen LogP contribution in [0.5, 0.6) is 0 Å². The highest BCUT2D eigenvalue weighted by Crippen LogP contribution is 2.03. The summed E-state index contributed by atoms with van der Waals surface area (Å²) in [5, 5.41) is 8.38. The van der Waals surface area contributed by atoms with E-state index in [-0.39, 0.29) is 54.8 Å². The molecular formula is C20H40N6O6S. The molecule has 0 saturated heterocycles. The van der Waals surface area contributed by atoms with Crippen molar-refractivity contribution < 1.29 is 28.7 Å². The Hall–Kier alpha value is -1.93. The Labute approximate surface area is 199 Å². The first-order valence-corrected chi connectivity index (χ1v) is 12.3. The zero-order chi connectivity index (χ0) is 24.9. The normalized spacial score (nSPS) is 12.7. The van der Waals surface area contributed by atoms with Gasteiger partial charge in [0, 0.05) is 25.3 Å². The first-order chi connectivity index (χ1) is 15.8. The van der Waals surface area contributed by atoms with Gasteiger partial charge in [0.05, 0.1) is 38.2 Å². The summed E-state index contributed by atoms with van der Waals surface area (Å²) in [6, 6.07) is -1.14. The molecule has 0 bridgehead atoms. The van der Waals surface area contributed by atoms with Crippen molar-refractivity contribution in [2.45, 2.75) is 44.7 Å². The molecule has 13 heteroatoms. The molecule has 192 valence electrons. The molecule has 2 atom stereocenters. The fourth-order valence-electron chi connectivity index (χ4n) is 2.59. The lowest BCUT2D eigenvalue weighted by molar-refractivity contribution is -0.128. The first-order valence-electron chi connectivity index (χ1n) is 11.1. The third-order valence-electron chi connectivity index (χ3n) is 4.35. The van der Waals surface area contributed by atoms with Crippen molar-refractivity contribution in [1.82, 2.24) is 16.0 Å². The second kappa shape index (κ2) is 20.7. The van der Waals surface area contributed by atoms with Crippen LogP contribution in [0.1, 0.15) is 32.6 Å². The zero-order valence-electron chi connectivity index (χ0n) is 19.4. The lowest BCUT2D eigenvalue weighted by Crippen LogP contribution is -2.49. The number of nitrogens with one attached hydrogen (secondary N) is 3. The maximum atomic E-state index is 12.3. The van der Waals surface area contributed by atoms with E-state index in [9.17, 15) is 19.2 Å². The number of carbonyl (C=O) groups is 4. The van der Waals surface area contributed by atoms with Crippen LogP contribution >= 0.6 is 11.8 Å². The predicted molar refractivity (Wildman–Crippen MR) is 127 cm³/mol. The van der Waals surface area contributed by atoms with Crippen molar-refractivity contribution in [3.8, 4) is 0 Å². The Balaban J connectivity index is 3.90. The molecule has 0 aliphatic carbocycles. The summed E-state index contributed by atoms with van der Waals surface area (Å²) in [5.74, 6) is -1.16. The molecule has 0 aromatic rings. The summed E-state index contributed by atoms with van der Waals surface area (Å²) in [6.45, 7) is 4.42. The summed E-state index contributed by atoms with van der Waals surface area (Å²) in [6.07, 6.45) is 2.58. The molecule has 0 aliphatic heterocycles. The molecule has 9 N–H and O–H groups in total. The molecular weight excluding hydrogens is 452 g/mol. The number of primary amides is 2. The quantitative estimate of drug-likeness (QED) is 0.0909. The van der Waals surface area contributed by atoms with Crippen LogP contribution in [0.4, 0.5) is 0 Å². The molecule has 0 aliphatic rings. The Morgan fingerprint density at radius 2 is 1.61 bits per heavy atom. The van der Waals surface area contributed by atoms with Crippen LogP contribution in [0, 0.1) is 0 Å². The van der Waals surface area contributed by atoms with Gasteiger partial charge in [0.25, 0.3) is 0 Å². The number of unbranched alkanes of at least 4 members (excludes halogenated alkanes) is 1. The molecule has 0 rings (SSSR count). The van der Waals surface area contributed by atoms with Crippen LogP contribution in [-0.2, 0) is 28.7 Å². The third kappa shape index (κ3) is 18.2. The summed E-state index contributed by atoms with van der Waals surface area (Å²) < 4.78 is 10.9. The number of amides is 4. The summed E-state index contributed by atoms with van der Waals surface area (Å²) in [7, 11) is 0. The lowest BCUT2D eigenvalue weighted by Gasteiger charge is -2.17. The van der Waals surface area contributed by atoms with Crippen LogP contribution in [-0.4, -0.2) is 93.3 Å². The molecule has 0 fully saturated rings. The van der Waals surface area contributed by atoms with Crippen LogP contribution in [0.25, 0.3) is 0 Å². The first kappa shape index (κ1) is 31.1. The van der Waals surface area contributed by atoms with E-state index < -0.39 is 11.9 Å². The third-order valence-corrected chi connectivity index (χ3v) is 5.40. The molecule has 0 unspecified atom stereocenters.